The molecule has 2 rings (SSSR count). The van der Waals surface area contributed by atoms with Gasteiger partial charge in [0.05, 0.1) is 4.90 Å². The molecule has 1 N–H and O–H groups in total. The Bertz CT molecular complexity index is 523. The quantitative estimate of drug-likeness (QED) is 0.902. The number of halogens is 1. The minimum absolute atomic E-state index is 0.116. The Morgan fingerprint density at radius 1 is 1.25 bits per heavy atom. The van der Waals surface area contributed by atoms with Crippen LogP contribution >= 0.6 is 0 Å². The van der Waals surface area contributed by atoms with Crippen LogP contribution in [0.5, 0.6) is 0 Å². The maximum Gasteiger partial charge on any atom is 0.240 e. The fraction of sp³-hybridized carbons (Fsp3) is 0.571. The van der Waals surface area contributed by atoms with Gasteiger partial charge < -0.3 is 4.90 Å². The molecule has 0 saturated carbocycles. The third-order valence-corrected chi connectivity index (χ3v) is 5.28. The van der Waals surface area contributed by atoms with Gasteiger partial charge in [-0.15, -0.1) is 0 Å². The molecule has 0 aromatic heterocycles. The zero-order chi connectivity index (χ0) is 14.6. The average molecular weight is 300 g/mol. The van der Waals surface area contributed by atoms with Crippen molar-refractivity contribution >= 4 is 10.0 Å². The van der Waals surface area contributed by atoms with E-state index in [1.807, 2.05) is 0 Å². The van der Waals surface area contributed by atoms with Crippen molar-refractivity contribution in [1.29, 1.82) is 0 Å². The van der Waals surface area contributed by atoms with E-state index in [1.165, 1.54) is 12.1 Å². The van der Waals surface area contributed by atoms with E-state index in [9.17, 15) is 12.8 Å². The van der Waals surface area contributed by atoms with Crippen LogP contribution < -0.4 is 4.72 Å². The molecule has 0 radical (unpaired) electrons. The van der Waals surface area contributed by atoms with Crippen molar-refractivity contribution in [3.8, 4) is 0 Å². The van der Waals surface area contributed by atoms with E-state index in [-0.39, 0.29) is 4.90 Å². The number of benzene rings is 1. The molecule has 1 aliphatic rings. The van der Waals surface area contributed by atoms with Crippen LogP contribution in [0.15, 0.2) is 29.2 Å². The number of nitrogens with zero attached hydrogens (tertiary/aromatic N) is 1. The molecule has 6 heteroatoms. The highest BCUT2D eigenvalue weighted by molar-refractivity contribution is 7.89. The number of rotatable bonds is 5. The second-order valence-electron chi connectivity index (χ2n) is 5.18. The van der Waals surface area contributed by atoms with E-state index >= 15 is 0 Å². The van der Waals surface area contributed by atoms with Crippen molar-refractivity contribution in [1.82, 2.24) is 9.62 Å². The number of hydrogen-bond acceptors (Lipinski definition) is 3. The van der Waals surface area contributed by atoms with Gasteiger partial charge >= 0.3 is 0 Å². The van der Waals surface area contributed by atoms with Gasteiger partial charge in [-0.3, -0.25) is 0 Å². The summed E-state index contributed by atoms with van der Waals surface area (Å²) in [5.74, 6) is -0.0519. The van der Waals surface area contributed by atoms with Crippen molar-refractivity contribution in [2.24, 2.45) is 5.92 Å². The molecule has 0 spiro atoms. The monoisotopic (exact) mass is 300 g/mol. The van der Waals surface area contributed by atoms with Crippen molar-refractivity contribution in [3.63, 3.8) is 0 Å². The molecular weight excluding hydrogens is 279 g/mol. The topological polar surface area (TPSA) is 49.4 Å². The number of likely N-dealkylation sites (tertiary alicyclic amines) is 1. The number of nitrogens with one attached hydrogen (secondary N) is 1. The Labute approximate surface area is 120 Å². The molecule has 1 saturated heterocycles. The average Bonchev–Trinajstić information content (AvgIpc) is 2.46. The Kier molecular flexibility index (Phi) is 5.12. The van der Waals surface area contributed by atoms with Gasteiger partial charge in [-0.2, -0.15) is 0 Å². The zero-order valence-electron chi connectivity index (χ0n) is 11.7. The molecule has 1 heterocycles. The lowest BCUT2D eigenvalue weighted by Gasteiger charge is -2.30. The molecule has 1 fully saturated rings. The molecule has 20 heavy (non-hydrogen) atoms. The molecule has 0 unspecified atom stereocenters. The highest BCUT2D eigenvalue weighted by Crippen LogP contribution is 2.17. The molecule has 1 aliphatic heterocycles. The molecule has 112 valence electrons. The summed E-state index contributed by atoms with van der Waals surface area (Å²) in [7, 11) is -3.53. The predicted octanol–water partition coefficient (Wildman–Crippen LogP) is 1.84. The summed E-state index contributed by atoms with van der Waals surface area (Å²) >= 11 is 0. The number of sulfonamides is 1. The second kappa shape index (κ2) is 6.65. The third-order valence-electron chi connectivity index (χ3n) is 3.84. The minimum atomic E-state index is -3.53. The van der Waals surface area contributed by atoms with Gasteiger partial charge in [-0.05, 0) is 62.7 Å². The van der Waals surface area contributed by atoms with Gasteiger partial charge in [-0.1, -0.05) is 6.92 Å². The van der Waals surface area contributed by atoms with Gasteiger partial charge in [0, 0.05) is 6.54 Å². The first-order valence-electron chi connectivity index (χ1n) is 6.99. The van der Waals surface area contributed by atoms with Crippen LogP contribution in [-0.2, 0) is 10.0 Å². The summed E-state index contributed by atoms with van der Waals surface area (Å²) in [4.78, 5) is 2.48. The fourth-order valence-corrected chi connectivity index (χ4v) is 3.55. The molecule has 4 nitrogen and oxygen atoms in total. The standard InChI is InChI=1S/C14H21FN2O2S/c1-2-17-9-7-12(8-10-17)11-16-20(18,19)14-5-3-13(15)4-6-14/h3-6,12,16H,2,7-11H2,1H3. The summed E-state index contributed by atoms with van der Waals surface area (Å²) in [6.45, 7) is 5.70. The zero-order valence-corrected chi connectivity index (χ0v) is 12.5. The van der Waals surface area contributed by atoms with Crippen LogP contribution in [0, 0.1) is 11.7 Å². The van der Waals surface area contributed by atoms with E-state index in [0.29, 0.717) is 12.5 Å². The molecular formula is C14H21FN2O2S. The van der Waals surface area contributed by atoms with Crippen molar-refractivity contribution in [2.45, 2.75) is 24.7 Å². The first kappa shape index (κ1) is 15.4. The smallest absolute Gasteiger partial charge is 0.240 e. The van der Waals surface area contributed by atoms with Crippen molar-refractivity contribution < 1.29 is 12.8 Å². The maximum absolute atomic E-state index is 12.8. The Hall–Kier alpha value is -0.980. The Morgan fingerprint density at radius 3 is 2.40 bits per heavy atom. The predicted molar refractivity (Wildman–Crippen MR) is 76.4 cm³/mol. The molecule has 0 aliphatic carbocycles. The molecule has 1 aromatic rings. The van der Waals surface area contributed by atoms with Gasteiger partial charge in [-0.25, -0.2) is 17.5 Å². The first-order valence-corrected chi connectivity index (χ1v) is 8.47. The summed E-state index contributed by atoms with van der Waals surface area (Å²) in [5.41, 5.74) is 0. The number of piperidine rings is 1. The summed E-state index contributed by atoms with van der Waals surface area (Å²) in [6.07, 6.45) is 2.03. The minimum Gasteiger partial charge on any atom is -0.304 e. The summed E-state index contributed by atoms with van der Waals surface area (Å²) < 4.78 is 39.6. The van der Waals surface area contributed by atoms with Crippen LogP contribution in [0.25, 0.3) is 0 Å². The van der Waals surface area contributed by atoms with Crippen LogP contribution in [0.4, 0.5) is 4.39 Å². The third kappa shape index (κ3) is 4.01. The normalized spacial score (nSPS) is 18.3. The van der Waals surface area contributed by atoms with E-state index in [0.717, 1.165) is 44.6 Å². The van der Waals surface area contributed by atoms with Crippen molar-refractivity contribution in [3.05, 3.63) is 30.1 Å². The first-order chi connectivity index (χ1) is 9.51. The SMILES string of the molecule is CCN1CCC(CNS(=O)(=O)c2ccc(F)cc2)CC1. The lowest BCUT2D eigenvalue weighted by atomic mass is 9.97. The van der Waals surface area contributed by atoms with Gasteiger partial charge in [0.1, 0.15) is 5.82 Å². The maximum atomic E-state index is 12.8. The van der Waals surface area contributed by atoms with Crippen molar-refractivity contribution in [2.75, 3.05) is 26.2 Å². The molecule has 1 aromatic carbocycles. The Balaban J connectivity index is 1.88. The summed E-state index contributed by atoms with van der Waals surface area (Å²) in [5, 5.41) is 0. The largest absolute Gasteiger partial charge is 0.304 e. The van der Waals surface area contributed by atoms with Crippen LogP contribution in [0.1, 0.15) is 19.8 Å². The Morgan fingerprint density at radius 2 is 1.85 bits per heavy atom. The fourth-order valence-electron chi connectivity index (χ4n) is 2.43. The second-order valence-corrected chi connectivity index (χ2v) is 6.95. The van der Waals surface area contributed by atoms with Gasteiger partial charge in [0.15, 0.2) is 0 Å². The van der Waals surface area contributed by atoms with Crippen LogP contribution in [0.2, 0.25) is 0 Å². The highest BCUT2D eigenvalue weighted by atomic mass is 32.2. The van der Waals surface area contributed by atoms with Gasteiger partial charge in [0.25, 0.3) is 0 Å². The van der Waals surface area contributed by atoms with Crippen LogP contribution in [0.3, 0.4) is 0 Å². The van der Waals surface area contributed by atoms with Crippen LogP contribution in [-0.4, -0.2) is 39.5 Å². The lowest BCUT2D eigenvalue weighted by molar-refractivity contribution is 0.194. The summed E-state index contributed by atoms with van der Waals surface area (Å²) in [6, 6.07) is 4.90. The van der Waals surface area contributed by atoms with Gasteiger partial charge in [0.2, 0.25) is 10.0 Å². The number of hydrogen-bond donors (Lipinski definition) is 1. The molecule has 0 atom stereocenters. The van der Waals surface area contributed by atoms with E-state index in [2.05, 4.69) is 16.5 Å². The highest BCUT2D eigenvalue weighted by Gasteiger charge is 2.21. The molecule has 0 amide bonds. The molecule has 0 bridgehead atoms. The lowest BCUT2D eigenvalue weighted by Crippen LogP contribution is -2.38. The van der Waals surface area contributed by atoms with E-state index in [4.69, 9.17) is 0 Å². The van der Waals surface area contributed by atoms with E-state index < -0.39 is 15.8 Å². The van der Waals surface area contributed by atoms with E-state index in [1.54, 1.807) is 0 Å².